The third-order valence-corrected chi connectivity index (χ3v) is 4.19. The highest BCUT2D eigenvalue weighted by molar-refractivity contribution is 7.09. The fourth-order valence-corrected chi connectivity index (χ4v) is 3.13. The van der Waals surface area contributed by atoms with Crippen molar-refractivity contribution in [1.29, 1.82) is 0 Å². The minimum atomic E-state index is 0.298. The number of unbranched alkanes of at least 4 members (excludes halogenated alkanes) is 1. The summed E-state index contributed by atoms with van der Waals surface area (Å²) in [4.78, 5) is 3.88. The van der Waals surface area contributed by atoms with Crippen LogP contribution in [0, 0.1) is 0 Å². The third kappa shape index (κ3) is 4.69. The van der Waals surface area contributed by atoms with Crippen LogP contribution in [0.15, 0.2) is 17.5 Å². The van der Waals surface area contributed by atoms with Crippen LogP contribution < -0.4 is 0 Å². The van der Waals surface area contributed by atoms with Crippen molar-refractivity contribution in [3.05, 3.63) is 22.4 Å². The van der Waals surface area contributed by atoms with Gasteiger partial charge in [0.05, 0.1) is 6.10 Å². The molecule has 102 valence electrons. The highest BCUT2D eigenvalue weighted by Gasteiger charge is 2.19. The highest BCUT2D eigenvalue weighted by Crippen LogP contribution is 2.17. The van der Waals surface area contributed by atoms with Crippen LogP contribution in [0.3, 0.4) is 0 Å². The van der Waals surface area contributed by atoms with Gasteiger partial charge in [0.1, 0.15) is 0 Å². The number of thiophene rings is 1. The number of rotatable bonds is 8. The number of aliphatic hydroxyl groups is 1. The molecule has 1 aliphatic rings. The molecule has 1 unspecified atom stereocenters. The van der Waals surface area contributed by atoms with E-state index in [1.165, 1.54) is 17.7 Å². The maximum absolute atomic E-state index is 8.88. The third-order valence-electron chi connectivity index (χ3n) is 3.33. The molecule has 0 saturated carbocycles. The van der Waals surface area contributed by atoms with Gasteiger partial charge < -0.3 is 9.84 Å². The first-order chi connectivity index (χ1) is 8.88. The number of ether oxygens (including phenoxy) is 1. The molecular weight excluding hydrogens is 246 g/mol. The largest absolute Gasteiger partial charge is 0.396 e. The average Bonchev–Trinajstić information content (AvgIpc) is 3.02. The number of hydrogen-bond acceptors (Lipinski definition) is 4. The van der Waals surface area contributed by atoms with Crippen LogP contribution in [0.25, 0.3) is 0 Å². The zero-order chi connectivity index (χ0) is 12.6. The summed E-state index contributed by atoms with van der Waals surface area (Å²) >= 11 is 1.82. The molecule has 1 aromatic heterocycles. The van der Waals surface area contributed by atoms with Crippen molar-refractivity contribution in [2.45, 2.75) is 38.3 Å². The molecule has 0 radical (unpaired) electrons. The zero-order valence-corrected chi connectivity index (χ0v) is 11.7. The minimum Gasteiger partial charge on any atom is -0.396 e. The fourth-order valence-electron chi connectivity index (χ4n) is 2.38. The van der Waals surface area contributed by atoms with Crippen LogP contribution in [0.4, 0.5) is 0 Å². The summed E-state index contributed by atoms with van der Waals surface area (Å²) in [5.74, 6) is 0. The molecule has 1 saturated heterocycles. The second kappa shape index (κ2) is 7.89. The van der Waals surface area contributed by atoms with Crippen LogP contribution in [-0.2, 0) is 11.3 Å². The number of hydrogen-bond donors (Lipinski definition) is 1. The first-order valence-electron chi connectivity index (χ1n) is 6.85. The van der Waals surface area contributed by atoms with Crippen LogP contribution in [0.2, 0.25) is 0 Å². The van der Waals surface area contributed by atoms with Crippen molar-refractivity contribution >= 4 is 11.3 Å². The van der Waals surface area contributed by atoms with Crippen LogP contribution >= 0.6 is 11.3 Å². The molecule has 1 aliphatic heterocycles. The predicted molar refractivity (Wildman–Crippen MR) is 74.9 cm³/mol. The SMILES string of the molecule is OCCCCN(Cc1cccs1)CC1CCCO1. The monoisotopic (exact) mass is 269 g/mol. The Balaban J connectivity index is 1.80. The molecule has 0 aliphatic carbocycles. The average molecular weight is 269 g/mol. The van der Waals surface area contributed by atoms with Crippen LogP contribution in [-0.4, -0.2) is 42.4 Å². The molecule has 1 aromatic rings. The Morgan fingerprint density at radius 3 is 3.06 bits per heavy atom. The molecule has 1 N–H and O–H groups in total. The Labute approximate surface area is 113 Å². The van der Waals surface area contributed by atoms with Gasteiger partial charge in [-0.15, -0.1) is 11.3 Å². The maximum atomic E-state index is 8.88. The number of nitrogens with zero attached hydrogens (tertiary/aromatic N) is 1. The van der Waals surface area contributed by atoms with Crippen molar-refractivity contribution in [3.63, 3.8) is 0 Å². The highest BCUT2D eigenvalue weighted by atomic mass is 32.1. The standard InChI is InChI=1S/C14H23NO2S/c16-8-2-1-7-15(11-13-5-3-9-17-13)12-14-6-4-10-18-14/h4,6,10,13,16H,1-3,5,7-9,11-12H2. The summed E-state index contributed by atoms with van der Waals surface area (Å²) in [6.07, 6.45) is 4.77. The van der Waals surface area contributed by atoms with Gasteiger partial charge in [0.15, 0.2) is 0 Å². The van der Waals surface area contributed by atoms with E-state index in [9.17, 15) is 0 Å². The molecule has 0 bridgehead atoms. The van der Waals surface area contributed by atoms with E-state index in [2.05, 4.69) is 22.4 Å². The fraction of sp³-hybridized carbons (Fsp3) is 0.714. The van der Waals surface area contributed by atoms with E-state index >= 15 is 0 Å². The van der Waals surface area contributed by atoms with E-state index < -0.39 is 0 Å². The molecule has 3 nitrogen and oxygen atoms in total. The maximum Gasteiger partial charge on any atom is 0.0702 e. The second-order valence-electron chi connectivity index (χ2n) is 4.88. The Bertz CT molecular complexity index is 310. The molecule has 1 atom stereocenters. The van der Waals surface area contributed by atoms with Gasteiger partial charge in [-0.25, -0.2) is 0 Å². The lowest BCUT2D eigenvalue weighted by atomic mass is 10.2. The summed E-state index contributed by atoms with van der Waals surface area (Å²) in [5.41, 5.74) is 0. The Kier molecular flexibility index (Phi) is 6.14. The van der Waals surface area contributed by atoms with Gasteiger partial charge in [-0.1, -0.05) is 6.07 Å². The normalized spacial score (nSPS) is 19.8. The molecule has 18 heavy (non-hydrogen) atoms. The summed E-state index contributed by atoms with van der Waals surface area (Å²) in [5, 5.41) is 11.0. The molecule has 0 spiro atoms. The Hall–Kier alpha value is -0.420. The summed E-state index contributed by atoms with van der Waals surface area (Å²) in [7, 11) is 0. The molecule has 2 heterocycles. The van der Waals surface area contributed by atoms with Gasteiger partial charge in [0.2, 0.25) is 0 Å². The molecule has 2 rings (SSSR count). The quantitative estimate of drug-likeness (QED) is 0.736. The molecule has 0 amide bonds. The molecule has 1 fully saturated rings. The Morgan fingerprint density at radius 2 is 2.39 bits per heavy atom. The molecular formula is C14H23NO2S. The lowest BCUT2D eigenvalue weighted by Gasteiger charge is -2.24. The van der Waals surface area contributed by atoms with Gasteiger partial charge in [-0.3, -0.25) is 4.90 Å². The van der Waals surface area contributed by atoms with E-state index in [1.54, 1.807) is 0 Å². The van der Waals surface area contributed by atoms with E-state index in [0.29, 0.717) is 12.7 Å². The molecule has 4 heteroatoms. The predicted octanol–water partition coefficient (Wildman–Crippen LogP) is 2.50. The van der Waals surface area contributed by atoms with Crippen molar-refractivity contribution in [2.75, 3.05) is 26.3 Å². The Morgan fingerprint density at radius 1 is 1.44 bits per heavy atom. The smallest absolute Gasteiger partial charge is 0.0702 e. The van der Waals surface area contributed by atoms with Crippen molar-refractivity contribution < 1.29 is 9.84 Å². The second-order valence-corrected chi connectivity index (χ2v) is 5.91. The van der Waals surface area contributed by atoms with Gasteiger partial charge in [-0.05, 0) is 43.7 Å². The minimum absolute atomic E-state index is 0.298. The summed E-state index contributed by atoms with van der Waals surface area (Å²) < 4.78 is 5.72. The van der Waals surface area contributed by atoms with Gasteiger partial charge in [-0.2, -0.15) is 0 Å². The number of aliphatic hydroxyl groups excluding tert-OH is 1. The van der Waals surface area contributed by atoms with Crippen molar-refractivity contribution in [1.82, 2.24) is 4.90 Å². The van der Waals surface area contributed by atoms with E-state index in [0.717, 1.165) is 39.1 Å². The molecule has 0 aromatic carbocycles. The van der Waals surface area contributed by atoms with E-state index in [1.807, 2.05) is 11.3 Å². The lowest BCUT2D eigenvalue weighted by molar-refractivity contribution is 0.0698. The van der Waals surface area contributed by atoms with Gasteiger partial charge >= 0.3 is 0 Å². The van der Waals surface area contributed by atoms with E-state index in [4.69, 9.17) is 9.84 Å². The van der Waals surface area contributed by atoms with Gasteiger partial charge in [0.25, 0.3) is 0 Å². The van der Waals surface area contributed by atoms with Crippen LogP contribution in [0.1, 0.15) is 30.6 Å². The van der Waals surface area contributed by atoms with Crippen molar-refractivity contribution in [2.24, 2.45) is 0 Å². The zero-order valence-electron chi connectivity index (χ0n) is 10.9. The van der Waals surface area contributed by atoms with Crippen molar-refractivity contribution in [3.8, 4) is 0 Å². The first kappa shape index (κ1) is 14.0. The van der Waals surface area contributed by atoms with Crippen LogP contribution in [0.5, 0.6) is 0 Å². The lowest BCUT2D eigenvalue weighted by Crippen LogP contribution is -2.32. The van der Waals surface area contributed by atoms with E-state index in [-0.39, 0.29) is 0 Å². The first-order valence-corrected chi connectivity index (χ1v) is 7.73. The summed E-state index contributed by atoms with van der Waals surface area (Å²) in [6, 6.07) is 4.30. The summed E-state index contributed by atoms with van der Waals surface area (Å²) in [6.45, 7) is 4.32. The topological polar surface area (TPSA) is 32.7 Å². The van der Waals surface area contributed by atoms with Gasteiger partial charge in [0, 0.05) is 31.2 Å².